The molecule has 1 aromatic carbocycles. The van der Waals surface area contributed by atoms with E-state index in [1.165, 1.54) is 0 Å². The van der Waals surface area contributed by atoms with Crippen LogP contribution in [0.4, 0.5) is 0 Å². The Morgan fingerprint density at radius 1 is 1.15 bits per heavy atom. The van der Waals surface area contributed by atoms with Crippen molar-refractivity contribution in [1.82, 2.24) is 14.3 Å². The summed E-state index contributed by atoms with van der Waals surface area (Å²) in [6.07, 6.45) is 4.16. The third-order valence-corrected chi connectivity index (χ3v) is 5.17. The van der Waals surface area contributed by atoms with Gasteiger partial charge in [-0.05, 0) is 43.5 Å². The smallest absolute Gasteiger partial charge is 0.258 e. The van der Waals surface area contributed by atoms with Crippen molar-refractivity contribution in [3.8, 4) is 0 Å². The summed E-state index contributed by atoms with van der Waals surface area (Å²) in [6.45, 7) is 1.62. The van der Waals surface area contributed by atoms with Crippen molar-refractivity contribution in [2.75, 3.05) is 6.54 Å². The molecule has 2 atom stereocenters. The van der Waals surface area contributed by atoms with Crippen molar-refractivity contribution in [3.63, 3.8) is 0 Å². The van der Waals surface area contributed by atoms with E-state index in [0.29, 0.717) is 24.7 Å². The predicted molar refractivity (Wildman–Crippen MR) is 101 cm³/mol. The quantitative estimate of drug-likeness (QED) is 0.769. The molecule has 3 heterocycles. The maximum Gasteiger partial charge on any atom is 0.258 e. The topological polar surface area (TPSA) is 57.8 Å². The minimum absolute atomic E-state index is 0.0503. The van der Waals surface area contributed by atoms with Gasteiger partial charge >= 0.3 is 0 Å². The number of pyridine rings is 1. The number of hydrogen-bond acceptors (Lipinski definition) is 4. The summed E-state index contributed by atoms with van der Waals surface area (Å²) in [4.78, 5) is 19.3. The van der Waals surface area contributed by atoms with Gasteiger partial charge in [-0.25, -0.2) is 4.98 Å². The van der Waals surface area contributed by atoms with E-state index in [4.69, 9.17) is 0 Å². The lowest BCUT2D eigenvalue weighted by Crippen LogP contribution is -2.31. The van der Waals surface area contributed by atoms with E-state index in [1.54, 1.807) is 16.7 Å². The molecule has 5 heteroatoms. The van der Waals surface area contributed by atoms with E-state index in [2.05, 4.69) is 9.88 Å². The zero-order valence-corrected chi connectivity index (χ0v) is 14.7. The van der Waals surface area contributed by atoms with E-state index in [0.717, 1.165) is 30.6 Å². The van der Waals surface area contributed by atoms with Crippen LogP contribution in [0.2, 0.25) is 0 Å². The van der Waals surface area contributed by atoms with Gasteiger partial charge in [0, 0.05) is 24.8 Å². The number of aliphatic hydroxyl groups excluding tert-OH is 1. The van der Waals surface area contributed by atoms with Crippen LogP contribution in [-0.4, -0.2) is 32.0 Å². The van der Waals surface area contributed by atoms with Gasteiger partial charge < -0.3 is 5.11 Å². The highest BCUT2D eigenvalue weighted by Crippen LogP contribution is 2.28. The molecule has 0 radical (unpaired) electrons. The Labute approximate surface area is 152 Å². The Kier molecular flexibility index (Phi) is 4.82. The number of aromatic nitrogens is 2. The van der Waals surface area contributed by atoms with Crippen LogP contribution in [-0.2, 0) is 6.54 Å². The minimum Gasteiger partial charge on any atom is -0.388 e. The maximum atomic E-state index is 12.3. The average molecular weight is 349 g/mol. The number of hydrogen-bond donors (Lipinski definition) is 1. The highest BCUT2D eigenvalue weighted by molar-refractivity contribution is 5.38. The molecule has 1 aliphatic rings. The van der Waals surface area contributed by atoms with Crippen molar-refractivity contribution in [2.24, 2.45) is 0 Å². The third-order valence-electron chi connectivity index (χ3n) is 5.17. The van der Waals surface area contributed by atoms with Crippen LogP contribution >= 0.6 is 0 Å². The van der Waals surface area contributed by atoms with Gasteiger partial charge in [0.2, 0.25) is 0 Å². The van der Waals surface area contributed by atoms with E-state index in [1.807, 2.05) is 48.5 Å². The second-order valence-corrected chi connectivity index (χ2v) is 6.94. The van der Waals surface area contributed by atoms with E-state index in [-0.39, 0.29) is 5.56 Å². The lowest BCUT2D eigenvalue weighted by molar-refractivity contribution is 0.117. The molecule has 5 nitrogen and oxygen atoms in total. The highest BCUT2D eigenvalue weighted by atomic mass is 16.3. The van der Waals surface area contributed by atoms with Crippen LogP contribution in [0.3, 0.4) is 0 Å². The fourth-order valence-electron chi connectivity index (χ4n) is 3.83. The van der Waals surface area contributed by atoms with Gasteiger partial charge in [0.15, 0.2) is 0 Å². The molecule has 0 unspecified atom stereocenters. The second kappa shape index (κ2) is 7.40. The molecule has 2 aromatic heterocycles. The van der Waals surface area contributed by atoms with Gasteiger partial charge in [0.25, 0.3) is 5.56 Å². The summed E-state index contributed by atoms with van der Waals surface area (Å²) >= 11 is 0. The molecular weight excluding hydrogens is 326 g/mol. The van der Waals surface area contributed by atoms with Gasteiger partial charge in [-0.15, -0.1) is 0 Å². The van der Waals surface area contributed by atoms with Crippen molar-refractivity contribution < 1.29 is 5.11 Å². The monoisotopic (exact) mass is 349 g/mol. The lowest BCUT2D eigenvalue weighted by atomic mass is 10.0. The maximum absolute atomic E-state index is 12.3. The zero-order valence-electron chi connectivity index (χ0n) is 14.7. The molecule has 0 saturated carbocycles. The molecule has 1 saturated heterocycles. The van der Waals surface area contributed by atoms with Crippen LogP contribution in [0.25, 0.3) is 5.65 Å². The van der Waals surface area contributed by atoms with E-state index in [9.17, 15) is 9.90 Å². The minimum atomic E-state index is -0.461. The van der Waals surface area contributed by atoms with Gasteiger partial charge in [0.05, 0.1) is 11.8 Å². The van der Waals surface area contributed by atoms with Crippen molar-refractivity contribution in [3.05, 3.63) is 82.4 Å². The molecule has 1 aliphatic heterocycles. The largest absolute Gasteiger partial charge is 0.388 e. The standard InChI is InChI=1S/C21H23N3O2/c25-19(16-7-2-1-3-8-16)14-18-9-6-11-23(18)15-17-13-21(26)24-12-5-4-10-20(24)22-17/h1-5,7-8,10,12-13,18-19,25H,6,9,11,14-15H2/t18-,19+/m1/s1. The molecule has 0 spiro atoms. The van der Waals surface area contributed by atoms with E-state index < -0.39 is 6.10 Å². The van der Waals surface area contributed by atoms with E-state index >= 15 is 0 Å². The summed E-state index contributed by atoms with van der Waals surface area (Å²) in [6, 6.07) is 17.3. The number of aliphatic hydroxyl groups is 1. The summed E-state index contributed by atoms with van der Waals surface area (Å²) in [5.41, 5.74) is 2.38. The highest BCUT2D eigenvalue weighted by Gasteiger charge is 2.27. The first-order valence-corrected chi connectivity index (χ1v) is 9.15. The SMILES string of the molecule is O=c1cc(CN2CCC[C@@H]2C[C@H](O)c2ccccc2)nc2ccccn12. The second-order valence-electron chi connectivity index (χ2n) is 6.94. The zero-order chi connectivity index (χ0) is 17.9. The Hall–Kier alpha value is -2.50. The first kappa shape index (κ1) is 16.9. The summed E-state index contributed by atoms with van der Waals surface area (Å²) in [5, 5.41) is 10.6. The first-order chi connectivity index (χ1) is 12.7. The molecule has 0 amide bonds. The summed E-state index contributed by atoms with van der Waals surface area (Å²) in [5.74, 6) is 0. The third kappa shape index (κ3) is 3.54. The molecule has 0 bridgehead atoms. The number of fused-ring (bicyclic) bond motifs is 1. The summed E-state index contributed by atoms with van der Waals surface area (Å²) < 4.78 is 1.56. The van der Waals surface area contributed by atoms with Gasteiger partial charge in [-0.1, -0.05) is 36.4 Å². The fourth-order valence-corrected chi connectivity index (χ4v) is 3.83. The molecule has 1 fully saturated rings. The number of benzene rings is 1. The number of likely N-dealkylation sites (tertiary alicyclic amines) is 1. The summed E-state index contributed by atoms with van der Waals surface area (Å²) in [7, 11) is 0. The molecule has 4 rings (SSSR count). The van der Waals surface area contributed by atoms with Gasteiger partial charge in [0.1, 0.15) is 5.65 Å². The Bertz CT molecular complexity index is 939. The predicted octanol–water partition coefficient (Wildman–Crippen LogP) is 2.78. The molecule has 3 aromatic rings. The van der Waals surface area contributed by atoms with Gasteiger partial charge in [-0.2, -0.15) is 0 Å². The van der Waals surface area contributed by atoms with Crippen molar-refractivity contribution in [2.45, 2.75) is 38.0 Å². The Morgan fingerprint density at radius 3 is 2.81 bits per heavy atom. The molecule has 26 heavy (non-hydrogen) atoms. The molecular formula is C21H23N3O2. The number of rotatable bonds is 5. The van der Waals surface area contributed by atoms with Gasteiger partial charge in [-0.3, -0.25) is 14.1 Å². The fraction of sp³-hybridized carbons (Fsp3) is 0.333. The molecule has 1 N–H and O–H groups in total. The van der Waals surface area contributed by atoms with Crippen molar-refractivity contribution in [1.29, 1.82) is 0 Å². The van der Waals surface area contributed by atoms with Crippen molar-refractivity contribution >= 4 is 5.65 Å². The lowest BCUT2D eigenvalue weighted by Gasteiger charge is -2.26. The Balaban J connectivity index is 1.50. The number of nitrogens with zero attached hydrogens (tertiary/aromatic N) is 3. The van der Waals surface area contributed by atoms with Crippen LogP contribution in [0, 0.1) is 0 Å². The normalized spacial score (nSPS) is 19.0. The molecule has 0 aliphatic carbocycles. The first-order valence-electron chi connectivity index (χ1n) is 9.15. The van der Waals surface area contributed by atoms with Crippen LogP contribution < -0.4 is 5.56 Å². The van der Waals surface area contributed by atoms with Crippen LogP contribution in [0.1, 0.15) is 36.6 Å². The Morgan fingerprint density at radius 2 is 1.96 bits per heavy atom. The van der Waals surface area contributed by atoms with Crippen LogP contribution in [0.5, 0.6) is 0 Å². The average Bonchev–Trinajstić information content (AvgIpc) is 3.09. The molecule has 134 valence electrons. The van der Waals surface area contributed by atoms with Crippen LogP contribution in [0.15, 0.2) is 65.6 Å².